The number of rotatable bonds is 3. The molecule has 1 aliphatic heterocycles. The fourth-order valence-corrected chi connectivity index (χ4v) is 2.89. The molecule has 2 amide bonds. The molecule has 0 saturated heterocycles. The van der Waals surface area contributed by atoms with Gasteiger partial charge in [0.1, 0.15) is 5.82 Å². The molecule has 0 spiro atoms. The summed E-state index contributed by atoms with van der Waals surface area (Å²) in [7, 11) is 4.48. The first-order valence-corrected chi connectivity index (χ1v) is 8.03. The molecule has 3 rings (SSSR count). The number of hydrazine groups is 1. The fourth-order valence-electron chi connectivity index (χ4n) is 2.67. The van der Waals surface area contributed by atoms with E-state index in [0.29, 0.717) is 11.5 Å². The van der Waals surface area contributed by atoms with Gasteiger partial charge in [0.25, 0.3) is 0 Å². The number of pyridine rings is 1. The fraction of sp³-hybridized carbons (Fsp3) is 0.235. The number of esters is 1. The van der Waals surface area contributed by atoms with Gasteiger partial charge in [0.05, 0.1) is 24.9 Å². The molecule has 2 heterocycles. The minimum Gasteiger partial charge on any atom is -0.465 e. The summed E-state index contributed by atoms with van der Waals surface area (Å²) in [6.45, 7) is -0.109. The van der Waals surface area contributed by atoms with Crippen molar-refractivity contribution in [3.05, 3.63) is 52.4 Å². The largest absolute Gasteiger partial charge is 0.465 e. The van der Waals surface area contributed by atoms with Gasteiger partial charge in [0.2, 0.25) is 0 Å². The number of anilines is 2. The summed E-state index contributed by atoms with van der Waals surface area (Å²) in [4.78, 5) is 30.2. The average Bonchev–Trinajstić information content (AvgIpc) is 2.64. The van der Waals surface area contributed by atoms with Crippen LogP contribution in [0.15, 0.2) is 30.5 Å². The van der Waals surface area contributed by atoms with Crippen LogP contribution in [0.3, 0.4) is 0 Å². The lowest BCUT2D eigenvalue weighted by atomic mass is 10.1. The van der Waals surface area contributed by atoms with Crippen molar-refractivity contribution in [1.29, 1.82) is 0 Å². The zero-order valence-electron chi connectivity index (χ0n) is 14.4. The molecule has 26 heavy (non-hydrogen) atoms. The van der Waals surface area contributed by atoms with Crippen molar-refractivity contribution >= 4 is 35.1 Å². The van der Waals surface area contributed by atoms with Crippen molar-refractivity contribution in [2.24, 2.45) is 0 Å². The molecule has 1 aromatic heterocycles. The van der Waals surface area contributed by atoms with Gasteiger partial charge >= 0.3 is 12.0 Å². The number of carbonyl (C=O) groups excluding carboxylic acids is 2. The van der Waals surface area contributed by atoms with Gasteiger partial charge in [-0.2, -0.15) is 0 Å². The van der Waals surface area contributed by atoms with E-state index in [0.717, 1.165) is 0 Å². The highest BCUT2D eigenvalue weighted by Crippen LogP contribution is 2.35. The van der Waals surface area contributed by atoms with Crippen LogP contribution >= 0.6 is 11.6 Å². The van der Waals surface area contributed by atoms with Gasteiger partial charge in [0, 0.05) is 30.9 Å². The number of hydrogen-bond acceptors (Lipinski definition) is 5. The quantitative estimate of drug-likeness (QED) is 0.768. The number of benzene rings is 1. The third-order valence-corrected chi connectivity index (χ3v) is 4.56. The molecule has 2 aromatic rings. The molecule has 0 saturated carbocycles. The van der Waals surface area contributed by atoms with Crippen LogP contribution in [0.4, 0.5) is 20.7 Å². The Bertz CT molecular complexity index is 872. The molecular formula is C17H16ClFN4O3. The molecule has 0 bridgehead atoms. The van der Waals surface area contributed by atoms with Crippen LogP contribution in [-0.4, -0.2) is 43.2 Å². The SMILES string of the molecule is COC(=O)c1cnc2c(c1)N(Cc1c(F)cccc1Cl)C(=O)N(C)N2C. The summed E-state index contributed by atoms with van der Waals surface area (Å²) in [6, 6.07) is 5.39. The van der Waals surface area contributed by atoms with E-state index in [-0.39, 0.29) is 22.7 Å². The normalized spacial score (nSPS) is 13.7. The first-order valence-electron chi connectivity index (χ1n) is 7.65. The summed E-state index contributed by atoms with van der Waals surface area (Å²) in [5, 5.41) is 3.08. The van der Waals surface area contributed by atoms with E-state index in [9.17, 15) is 14.0 Å². The van der Waals surface area contributed by atoms with E-state index in [1.54, 1.807) is 20.2 Å². The number of methoxy groups -OCH3 is 1. The van der Waals surface area contributed by atoms with Gasteiger partial charge in [0.15, 0.2) is 5.82 Å². The van der Waals surface area contributed by atoms with E-state index in [1.165, 1.54) is 46.4 Å². The molecule has 9 heteroatoms. The molecule has 0 fully saturated rings. The van der Waals surface area contributed by atoms with Crippen molar-refractivity contribution in [2.75, 3.05) is 31.1 Å². The number of amides is 2. The third kappa shape index (κ3) is 2.92. The predicted molar refractivity (Wildman–Crippen MR) is 94.7 cm³/mol. The number of carbonyl (C=O) groups is 2. The van der Waals surface area contributed by atoms with Gasteiger partial charge < -0.3 is 4.74 Å². The summed E-state index contributed by atoms with van der Waals surface area (Å²) < 4.78 is 18.9. The predicted octanol–water partition coefficient (Wildman–Crippen LogP) is 3.08. The van der Waals surface area contributed by atoms with Gasteiger partial charge in [-0.3, -0.25) is 9.91 Å². The maximum atomic E-state index is 14.2. The van der Waals surface area contributed by atoms with Gasteiger partial charge in [-0.15, -0.1) is 0 Å². The van der Waals surface area contributed by atoms with Crippen molar-refractivity contribution in [1.82, 2.24) is 9.99 Å². The van der Waals surface area contributed by atoms with Crippen LogP contribution in [0.5, 0.6) is 0 Å². The minimum atomic E-state index is -0.585. The Balaban J connectivity index is 2.11. The van der Waals surface area contributed by atoms with Crippen LogP contribution in [0.2, 0.25) is 5.02 Å². The Morgan fingerprint density at radius 3 is 2.69 bits per heavy atom. The second kappa shape index (κ2) is 6.80. The Morgan fingerprint density at radius 1 is 1.31 bits per heavy atom. The number of urea groups is 1. The number of ether oxygens (including phenoxy) is 1. The van der Waals surface area contributed by atoms with Crippen LogP contribution in [0.25, 0.3) is 0 Å². The maximum absolute atomic E-state index is 14.2. The molecule has 0 atom stereocenters. The van der Waals surface area contributed by atoms with Crippen LogP contribution in [0.1, 0.15) is 15.9 Å². The molecule has 0 radical (unpaired) electrons. The second-order valence-electron chi connectivity index (χ2n) is 5.67. The zero-order valence-corrected chi connectivity index (χ0v) is 15.1. The first-order chi connectivity index (χ1) is 12.3. The molecule has 1 aromatic carbocycles. The van der Waals surface area contributed by atoms with Gasteiger partial charge in [-0.1, -0.05) is 17.7 Å². The zero-order chi connectivity index (χ0) is 19.0. The summed E-state index contributed by atoms with van der Waals surface area (Å²) in [5.74, 6) is -0.670. The number of fused-ring (bicyclic) bond motifs is 1. The Labute approximate surface area is 154 Å². The highest BCUT2D eigenvalue weighted by Gasteiger charge is 2.34. The minimum absolute atomic E-state index is 0.109. The number of aromatic nitrogens is 1. The molecule has 7 nitrogen and oxygen atoms in total. The van der Waals surface area contributed by atoms with Crippen molar-refractivity contribution in [2.45, 2.75) is 6.54 Å². The Hall–Kier alpha value is -2.87. The second-order valence-corrected chi connectivity index (χ2v) is 6.08. The molecule has 0 N–H and O–H groups in total. The van der Waals surface area contributed by atoms with Crippen LogP contribution in [-0.2, 0) is 11.3 Å². The third-order valence-electron chi connectivity index (χ3n) is 4.20. The number of hydrogen-bond donors (Lipinski definition) is 0. The standard InChI is InChI=1S/C17H16ClFN4O3/c1-21-15-14(7-10(8-20-15)16(24)26-3)23(17(25)22(21)2)9-11-12(18)5-4-6-13(11)19/h4-8H,9H2,1-3H3. The Kier molecular flexibility index (Phi) is 4.69. The van der Waals surface area contributed by atoms with Crippen LogP contribution in [0, 0.1) is 5.82 Å². The van der Waals surface area contributed by atoms with Crippen molar-refractivity contribution in [3.63, 3.8) is 0 Å². The molecular weight excluding hydrogens is 363 g/mol. The average molecular weight is 379 g/mol. The topological polar surface area (TPSA) is 66.0 Å². The van der Waals surface area contributed by atoms with E-state index < -0.39 is 17.8 Å². The first kappa shape index (κ1) is 17.9. The molecule has 136 valence electrons. The monoisotopic (exact) mass is 378 g/mol. The summed E-state index contributed by atoms with van der Waals surface area (Å²) >= 11 is 6.10. The summed E-state index contributed by atoms with van der Waals surface area (Å²) in [5.41, 5.74) is 0.717. The highest BCUT2D eigenvalue weighted by atomic mass is 35.5. The summed E-state index contributed by atoms with van der Waals surface area (Å²) in [6.07, 6.45) is 1.36. The van der Waals surface area contributed by atoms with E-state index >= 15 is 0 Å². The lowest BCUT2D eigenvalue weighted by Crippen LogP contribution is -2.53. The van der Waals surface area contributed by atoms with Crippen LogP contribution < -0.4 is 9.91 Å². The molecule has 1 aliphatic rings. The van der Waals surface area contributed by atoms with Crippen molar-refractivity contribution < 1.29 is 18.7 Å². The van der Waals surface area contributed by atoms with Gasteiger partial charge in [-0.05, 0) is 18.2 Å². The number of nitrogens with zero attached hydrogens (tertiary/aromatic N) is 4. The molecule has 0 unspecified atom stereocenters. The van der Waals surface area contributed by atoms with E-state index in [1.807, 2.05) is 0 Å². The lowest BCUT2D eigenvalue weighted by Gasteiger charge is -2.41. The highest BCUT2D eigenvalue weighted by molar-refractivity contribution is 6.31. The maximum Gasteiger partial charge on any atom is 0.343 e. The van der Waals surface area contributed by atoms with Gasteiger partial charge in [-0.25, -0.2) is 24.0 Å². The van der Waals surface area contributed by atoms with E-state index in [2.05, 4.69) is 4.98 Å². The van der Waals surface area contributed by atoms with E-state index in [4.69, 9.17) is 16.3 Å². The lowest BCUT2D eigenvalue weighted by molar-refractivity contribution is 0.0600. The Morgan fingerprint density at radius 2 is 2.04 bits per heavy atom. The van der Waals surface area contributed by atoms with Crippen molar-refractivity contribution in [3.8, 4) is 0 Å². The smallest absolute Gasteiger partial charge is 0.343 e. The molecule has 0 aliphatic carbocycles. The number of halogens is 2.